The highest BCUT2D eigenvalue weighted by atomic mass is 16.5. The van der Waals surface area contributed by atoms with Gasteiger partial charge >= 0.3 is 5.97 Å². The maximum absolute atomic E-state index is 12.8. The van der Waals surface area contributed by atoms with Crippen molar-refractivity contribution in [3.8, 4) is 0 Å². The van der Waals surface area contributed by atoms with Crippen molar-refractivity contribution in [3.05, 3.63) is 95.1 Å². The molecule has 0 saturated carbocycles. The van der Waals surface area contributed by atoms with Crippen LogP contribution in [0.25, 0.3) is 16.3 Å². The van der Waals surface area contributed by atoms with Gasteiger partial charge in [0.15, 0.2) is 0 Å². The number of allylic oxidation sites excluding steroid dienone is 3. The van der Waals surface area contributed by atoms with Crippen LogP contribution in [0.2, 0.25) is 0 Å². The van der Waals surface area contributed by atoms with E-state index in [1.165, 1.54) is 7.11 Å². The van der Waals surface area contributed by atoms with Crippen LogP contribution in [-0.2, 0) is 9.53 Å². The molecule has 0 radical (unpaired) electrons. The number of hydrogen-bond donors (Lipinski definition) is 1. The molecule has 1 aliphatic rings. The van der Waals surface area contributed by atoms with E-state index in [2.05, 4.69) is 34.6 Å². The van der Waals surface area contributed by atoms with Crippen LogP contribution in [0.4, 0.5) is 0 Å². The van der Waals surface area contributed by atoms with Crippen molar-refractivity contribution in [3.63, 3.8) is 0 Å². The third-order valence-electron chi connectivity index (χ3n) is 5.27. The average Bonchev–Trinajstić information content (AvgIpc) is 2.73. The molecule has 4 heteroatoms. The Bertz CT molecular complexity index is 1110. The molecule has 0 fully saturated rings. The Labute approximate surface area is 164 Å². The van der Waals surface area contributed by atoms with Crippen molar-refractivity contribution in [1.29, 1.82) is 0 Å². The van der Waals surface area contributed by atoms with Gasteiger partial charge in [-0.05, 0) is 47.4 Å². The number of rotatable bonds is 3. The minimum Gasteiger partial charge on any atom is -0.466 e. The standard InChI is InChI=1S/C24H22N2O2/c1-15-21(18-10-7-13-25-14-18)23(22(16(2)26-15)24(27)28-3)20-12-6-9-17-8-4-5-11-19(17)20/h4-14,23,26H,1-3H3. The molecule has 0 spiro atoms. The summed E-state index contributed by atoms with van der Waals surface area (Å²) in [5.74, 6) is -0.569. The molecular weight excluding hydrogens is 348 g/mol. The van der Waals surface area contributed by atoms with Crippen molar-refractivity contribution in [2.45, 2.75) is 19.8 Å². The molecule has 4 nitrogen and oxygen atoms in total. The summed E-state index contributed by atoms with van der Waals surface area (Å²) in [4.78, 5) is 17.1. The van der Waals surface area contributed by atoms with E-state index in [-0.39, 0.29) is 11.9 Å². The van der Waals surface area contributed by atoms with Gasteiger partial charge in [-0.15, -0.1) is 0 Å². The normalized spacial score (nSPS) is 16.9. The van der Waals surface area contributed by atoms with E-state index in [0.717, 1.165) is 38.9 Å². The number of pyridine rings is 1. The largest absolute Gasteiger partial charge is 0.466 e. The van der Waals surface area contributed by atoms with Gasteiger partial charge in [-0.3, -0.25) is 4.98 Å². The van der Waals surface area contributed by atoms with E-state index in [0.29, 0.717) is 5.57 Å². The summed E-state index contributed by atoms with van der Waals surface area (Å²) in [6.45, 7) is 3.96. The first kappa shape index (κ1) is 18.0. The van der Waals surface area contributed by atoms with Gasteiger partial charge in [0.05, 0.1) is 12.7 Å². The molecule has 0 aliphatic carbocycles. The Morgan fingerprint density at radius 1 is 1.00 bits per heavy atom. The second kappa shape index (κ2) is 7.31. The van der Waals surface area contributed by atoms with Crippen LogP contribution in [0.3, 0.4) is 0 Å². The SMILES string of the molecule is COC(=O)C1=C(C)NC(C)=C(c2cccnc2)C1c1cccc2ccccc12. The van der Waals surface area contributed by atoms with Crippen molar-refractivity contribution in [1.82, 2.24) is 10.3 Å². The van der Waals surface area contributed by atoms with Crippen LogP contribution in [0.1, 0.15) is 30.9 Å². The maximum Gasteiger partial charge on any atom is 0.336 e. The lowest BCUT2D eigenvalue weighted by atomic mass is 9.76. The Balaban J connectivity index is 2.03. The number of carbonyl (C=O) groups is 1. The second-order valence-electron chi connectivity index (χ2n) is 6.94. The molecule has 140 valence electrons. The quantitative estimate of drug-likeness (QED) is 0.673. The summed E-state index contributed by atoms with van der Waals surface area (Å²) >= 11 is 0. The minimum absolute atomic E-state index is 0.246. The molecule has 1 aliphatic heterocycles. The summed E-state index contributed by atoms with van der Waals surface area (Å²) in [5.41, 5.74) is 5.56. The minimum atomic E-state index is -0.322. The molecule has 28 heavy (non-hydrogen) atoms. The Hall–Kier alpha value is -3.40. The highest BCUT2D eigenvalue weighted by molar-refractivity contribution is 6.00. The summed E-state index contributed by atoms with van der Waals surface area (Å²) in [5, 5.41) is 5.64. The van der Waals surface area contributed by atoms with E-state index in [9.17, 15) is 4.79 Å². The number of ether oxygens (including phenoxy) is 1. The van der Waals surface area contributed by atoms with E-state index in [1.54, 1.807) is 6.20 Å². The molecule has 2 heterocycles. The van der Waals surface area contributed by atoms with Gasteiger partial charge in [-0.1, -0.05) is 48.5 Å². The molecule has 1 unspecified atom stereocenters. The molecule has 1 N–H and O–H groups in total. The van der Waals surface area contributed by atoms with E-state index < -0.39 is 0 Å². The van der Waals surface area contributed by atoms with Gasteiger partial charge in [-0.2, -0.15) is 0 Å². The maximum atomic E-state index is 12.8. The first-order valence-corrected chi connectivity index (χ1v) is 9.26. The number of benzene rings is 2. The van der Waals surface area contributed by atoms with Crippen LogP contribution in [0, 0.1) is 0 Å². The third kappa shape index (κ3) is 2.97. The highest BCUT2D eigenvalue weighted by Crippen LogP contribution is 2.45. The summed E-state index contributed by atoms with van der Waals surface area (Å²) in [6.07, 6.45) is 3.60. The number of hydrogen-bond acceptors (Lipinski definition) is 4. The second-order valence-corrected chi connectivity index (χ2v) is 6.94. The molecule has 2 aromatic carbocycles. The summed E-state index contributed by atoms with van der Waals surface area (Å²) in [7, 11) is 1.43. The first-order valence-electron chi connectivity index (χ1n) is 9.26. The van der Waals surface area contributed by atoms with Crippen LogP contribution < -0.4 is 5.32 Å². The molecule has 1 atom stereocenters. The van der Waals surface area contributed by atoms with Crippen LogP contribution in [0.5, 0.6) is 0 Å². The third-order valence-corrected chi connectivity index (χ3v) is 5.27. The fraction of sp³-hybridized carbons (Fsp3) is 0.167. The van der Waals surface area contributed by atoms with Gasteiger partial charge in [-0.25, -0.2) is 4.79 Å². The van der Waals surface area contributed by atoms with Crippen LogP contribution >= 0.6 is 0 Å². The molecule has 4 rings (SSSR count). The number of nitrogens with zero attached hydrogens (tertiary/aromatic N) is 1. The molecule has 3 aromatic rings. The van der Waals surface area contributed by atoms with Crippen molar-refractivity contribution in [2.24, 2.45) is 0 Å². The molecule has 0 bridgehead atoms. The number of nitrogens with one attached hydrogen (secondary N) is 1. The topological polar surface area (TPSA) is 51.2 Å². The Kier molecular flexibility index (Phi) is 4.70. The van der Waals surface area contributed by atoms with Crippen molar-refractivity contribution >= 4 is 22.3 Å². The van der Waals surface area contributed by atoms with Gasteiger partial charge < -0.3 is 10.1 Å². The fourth-order valence-electron chi connectivity index (χ4n) is 4.09. The lowest BCUT2D eigenvalue weighted by Gasteiger charge is -2.32. The average molecular weight is 370 g/mol. The molecule has 0 amide bonds. The van der Waals surface area contributed by atoms with Gasteiger partial charge in [0.25, 0.3) is 0 Å². The highest BCUT2D eigenvalue weighted by Gasteiger charge is 2.35. The van der Waals surface area contributed by atoms with Gasteiger partial charge in [0, 0.05) is 29.7 Å². The van der Waals surface area contributed by atoms with Crippen molar-refractivity contribution in [2.75, 3.05) is 7.11 Å². The smallest absolute Gasteiger partial charge is 0.336 e. The number of dihydropyridines is 1. The zero-order valence-electron chi connectivity index (χ0n) is 16.2. The summed E-state index contributed by atoms with van der Waals surface area (Å²) in [6, 6.07) is 18.4. The van der Waals surface area contributed by atoms with Crippen LogP contribution in [-0.4, -0.2) is 18.1 Å². The number of aromatic nitrogens is 1. The number of fused-ring (bicyclic) bond motifs is 1. The predicted molar refractivity (Wildman–Crippen MR) is 111 cm³/mol. The lowest BCUT2D eigenvalue weighted by molar-refractivity contribution is -0.136. The zero-order valence-corrected chi connectivity index (χ0v) is 16.2. The predicted octanol–water partition coefficient (Wildman–Crippen LogP) is 4.80. The number of methoxy groups -OCH3 is 1. The lowest BCUT2D eigenvalue weighted by Crippen LogP contribution is -2.28. The molecule has 1 aromatic heterocycles. The molecular formula is C24H22N2O2. The monoisotopic (exact) mass is 370 g/mol. The number of carbonyl (C=O) groups excluding carboxylic acids is 1. The van der Waals surface area contributed by atoms with Crippen LogP contribution in [0.15, 0.2) is 84.0 Å². The Morgan fingerprint density at radius 3 is 2.54 bits per heavy atom. The van der Waals surface area contributed by atoms with E-state index in [4.69, 9.17) is 4.74 Å². The fourth-order valence-corrected chi connectivity index (χ4v) is 4.09. The zero-order chi connectivity index (χ0) is 19.7. The summed E-state index contributed by atoms with van der Waals surface area (Å²) < 4.78 is 5.17. The first-order chi connectivity index (χ1) is 13.6. The molecule has 0 saturated heterocycles. The number of esters is 1. The Morgan fingerprint density at radius 2 is 1.79 bits per heavy atom. The van der Waals surface area contributed by atoms with Crippen molar-refractivity contribution < 1.29 is 9.53 Å². The van der Waals surface area contributed by atoms with Gasteiger partial charge in [0.2, 0.25) is 0 Å². The van der Waals surface area contributed by atoms with E-state index >= 15 is 0 Å². The van der Waals surface area contributed by atoms with E-state index in [1.807, 2.05) is 50.4 Å². The van der Waals surface area contributed by atoms with Gasteiger partial charge in [0.1, 0.15) is 0 Å².